The zero-order valence-corrected chi connectivity index (χ0v) is 11.5. The van der Waals surface area contributed by atoms with E-state index in [1.807, 2.05) is 0 Å². The van der Waals surface area contributed by atoms with E-state index in [0.717, 1.165) is 0 Å². The minimum atomic E-state index is -1.44. The topological polar surface area (TPSA) is 20.2 Å². The van der Waals surface area contributed by atoms with Crippen molar-refractivity contribution in [3.8, 4) is 0 Å². The molecule has 0 radical (unpaired) electrons. The molecular formula is C14H10BrF3O. The molecule has 5 heteroatoms. The average Bonchev–Trinajstić information content (AvgIpc) is 2.39. The molecule has 0 heterocycles. The summed E-state index contributed by atoms with van der Waals surface area (Å²) >= 11 is 2.98. The summed E-state index contributed by atoms with van der Waals surface area (Å²) < 4.78 is 40.7. The van der Waals surface area contributed by atoms with Gasteiger partial charge in [0.1, 0.15) is 11.9 Å². The van der Waals surface area contributed by atoms with E-state index in [1.54, 1.807) is 0 Å². The Morgan fingerprint density at radius 3 is 2.37 bits per heavy atom. The van der Waals surface area contributed by atoms with Crippen molar-refractivity contribution < 1.29 is 18.3 Å². The number of rotatable bonds is 2. The number of aliphatic hydroxyl groups excluding tert-OH is 1. The quantitative estimate of drug-likeness (QED) is 0.872. The van der Waals surface area contributed by atoms with Gasteiger partial charge in [0, 0.05) is 11.1 Å². The fraction of sp³-hybridized carbons (Fsp3) is 0.143. The van der Waals surface area contributed by atoms with Crippen LogP contribution in [0, 0.1) is 24.4 Å². The van der Waals surface area contributed by atoms with E-state index in [2.05, 4.69) is 15.9 Å². The summed E-state index contributed by atoms with van der Waals surface area (Å²) in [6, 6.07) is 6.68. The van der Waals surface area contributed by atoms with Crippen molar-refractivity contribution in [3.05, 3.63) is 68.9 Å². The maximum absolute atomic E-state index is 13.8. The van der Waals surface area contributed by atoms with Gasteiger partial charge in [-0.15, -0.1) is 0 Å². The van der Waals surface area contributed by atoms with Crippen LogP contribution in [0.5, 0.6) is 0 Å². The van der Waals surface area contributed by atoms with Crippen molar-refractivity contribution in [2.24, 2.45) is 0 Å². The van der Waals surface area contributed by atoms with Crippen LogP contribution < -0.4 is 0 Å². The summed E-state index contributed by atoms with van der Waals surface area (Å²) in [7, 11) is 0. The standard InChI is InChI=1S/C14H10BrF3O/c1-7-5-6-9(13(18)12(7)17)14(19)8-3-2-4-10(16)11(8)15/h2-6,14,19H,1H3. The van der Waals surface area contributed by atoms with Crippen LogP contribution >= 0.6 is 15.9 Å². The molecule has 1 atom stereocenters. The summed E-state index contributed by atoms with van der Waals surface area (Å²) in [5.41, 5.74) is 0.0586. The molecule has 0 saturated heterocycles. The van der Waals surface area contributed by atoms with E-state index < -0.39 is 23.6 Å². The maximum atomic E-state index is 13.8. The zero-order chi connectivity index (χ0) is 14.2. The predicted octanol–water partition coefficient (Wildman–Crippen LogP) is 4.26. The van der Waals surface area contributed by atoms with Gasteiger partial charge in [-0.1, -0.05) is 24.3 Å². The van der Waals surface area contributed by atoms with Crippen molar-refractivity contribution in [2.45, 2.75) is 13.0 Å². The Morgan fingerprint density at radius 2 is 1.68 bits per heavy atom. The third-order valence-corrected chi connectivity index (χ3v) is 3.71. The molecule has 1 N–H and O–H groups in total. The van der Waals surface area contributed by atoms with Crippen LogP contribution in [-0.2, 0) is 0 Å². The Morgan fingerprint density at radius 1 is 1.00 bits per heavy atom. The maximum Gasteiger partial charge on any atom is 0.165 e. The fourth-order valence-corrected chi connectivity index (χ4v) is 2.25. The van der Waals surface area contributed by atoms with E-state index in [0.29, 0.717) is 0 Å². The largest absolute Gasteiger partial charge is 0.384 e. The molecule has 0 amide bonds. The number of aryl methyl sites for hydroxylation is 1. The van der Waals surface area contributed by atoms with Gasteiger partial charge in [0.2, 0.25) is 0 Å². The Kier molecular flexibility index (Phi) is 3.96. The van der Waals surface area contributed by atoms with Crippen molar-refractivity contribution in [3.63, 3.8) is 0 Å². The fourth-order valence-electron chi connectivity index (χ4n) is 1.77. The van der Waals surface area contributed by atoms with Crippen LogP contribution in [0.25, 0.3) is 0 Å². The Bertz CT molecular complexity index is 628. The summed E-state index contributed by atoms with van der Waals surface area (Å²) in [6.07, 6.45) is -1.44. The molecule has 2 aromatic carbocycles. The molecule has 0 aliphatic heterocycles. The highest BCUT2D eigenvalue weighted by molar-refractivity contribution is 9.10. The molecule has 1 unspecified atom stereocenters. The second-order valence-corrected chi connectivity index (χ2v) is 4.94. The predicted molar refractivity (Wildman–Crippen MR) is 69.3 cm³/mol. The molecule has 0 spiro atoms. The zero-order valence-electron chi connectivity index (χ0n) is 9.92. The highest BCUT2D eigenvalue weighted by atomic mass is 79.9. The molecule has 0 aliphatic rings. The van der Waals surface area contributed by atoms with Gasteiger partial charge >= 0.3 is 0 Å². The molecule has 2 aromatic rings. The molecule has 1 nitrogen and oxygen atoms in total. The lowest BCUT2D eigenvalue weighted by Crippen LogP contribution is -2.06. The first-order valence-electron chi connectivity index (χ1n) is 5.50. The van der Waals surface area contributed by atoms with Crippen molar-refractivity contribution in [2.75, 3.05) is 0 Å². The number of benzene rings is 2. The van der Waals surface area contributed by atoms with E-state index in [-0.39, 0.29) is 21.2 Å². The van der Waals surface area contributed by atoms with Crippen LogP contribution in [0.1, 0.15) is 22.8 Å². The minimum Gasteiger partial charge on any atom is -0.384 e. The second kappa shape index (κ2) is 5.35. The Labute approximate surface area is 116 Å². The van der Waals surface area contributed by atoms with E-state index in [1.165, 1.54) is 37.3 Å². The smallest absolute Gasteiger partial charge is 0.165 e. The Hall–Kier alpha value is -1.33. The van der Waals surface area contributed by atoms with E-state index in [9.17, 15) is 18.3 Å². The first kappa shape index (κ1) is 14.1. The average molecular weight is 331 g/mol. The lowest BCUT2D eigenvalue weighted by molar-refractivity contribution is 0.212. The minimum absolute atomic E-state index is 0.0304. The number of aliphatic hydroxyl groups is 1. The molecule has 2 rings (SSSR count). The molecule has 0 aromatic heterocycles. The summed E-state index contributed by atoms with van der Waals surface area (Å²) in [6.45, 7) is 1.42. The summed E-state index contributed by atoms with van der Waals surface area (Å²) in [5, 5.41) is 10.1. The molecule has 0 aliphatic carbocycles. The third-order valence-electron chi connectivity index (χ3n) is 2.88. The normalized spacial score (nSPS) is 12.5. The van der Waals surface area contributed by atoms with Gasteiger partial charge < -0.3 is 5.11 Å². The summed E-state index contributed by atoms with van der Waals surface area (Å²) in [5.74, 6) is -2.71. The van der Waals surface area contributed by atoms with Gasteiger partial charge in [-0.2, -0.15) is 0 Å². The highest BCUT2D eigenvalue weighted by Gasteiger charge is 2.21. The third kappa shape index (κ3) is 2.53. The highest BCUT2D eigenvalue weighted by Crippen LogP contribution is 2.32. The van der Waals surface area contributed by atoms with E-state index in [4.69, 9.17) is 0 Å². The van der Waals surface area contributed by atoms with Crippen molar-refractivity contribution >= 4 is 15.9 Å². The molecule has 19 heavy (non-hydrogen) atoms. The first-order chi connectivity index (χ1) is 8.93. The van der Waals surface area contributed by atoms with Crippen LogP contribution in [0.3, 0.4) is 0 Å². The van der Waals surface area contributed by atoms with Gasteiger partial charge in [0.25, 0.3) is 0 Å². The molecule has 100 valence electrons. The molecule has 0 saturated carbocycles. The lowest BCUT2D eigenvalue weighted by Gasteiger charge is -2.15. The van der Waals surface area contributed by atoms with Crippen LogP contribution in [-0.4, -0.2) is 5.11 Å². The number of hydrogen-bond donors (Lipinski definition) is 1. The second-order valence-electron chi connectivity index (χ2n) is 4.15. The lowest BCUT2D eigenvalue weighted by atomic mass is 9.99. The van der Waals surface area contributed by atoms with Crippen LogP contribution in [0.2, 0.25) is 0 Å². The van der Waals surface area contributed by atoms with Gasteiger partial charge in [-0.05, 0) is 34.5 Å². The van der Waals surface area contributed by atoms with E-state index >= 15 is 0 Å². The molecular weight excluding hydrogens is 321 g/mol. The SMILES string of the molecule is Cc1ccc(C(O)c2cccc(F)c2Br)c(F)c1F. The Balaban J connectivity index is 2.53. The molecule has 0 bridgehead atoms. The van der Waals surface area contributed by atoms with Crippen LogP contribution in [0.15, 0.2) is 34.8 Å². The first-order valence-corrected chi connectivity index (χ1v) is 6.29. The van der Waals surface area contributed by atoms with Crippen molar-refractivity contribution in [1.82, 2.24) is 0 Å². The number of hydrogen-bond acceptors (Lipinski definition) is 1. The van der Waals surface area contributed by atoms with Crippen LogP contribution in [0.4, 0.5) is 13.2 Å². The summed E-state index contributed by atoms with van der Waals surface area (Å²) in [4.78, 5) is 0. The van der Waals surface area contributed by atoms with Gasteiger partial charge in [-0.25, -0.2) is 13.2 Å². The number of halogens is 4. The monoisotopic (exact) mass is 330 g/mol. The van der Waals surface area contributed by atoms with Gasteiger partial charge in [-0.3, -0.25) is 0 Å². The molecule has 0 fully saturated rings. The van der Waals surface area contributed by atoms with Gasteiger partial charge in [0.05, 0.1) is 4.47 Å². The van der Waals surface area contributed by atoms with Gasteiger partial charge in [0.15, 0.2) is 11.6 Å². The van der Waals surface area contributed by atoms with Crippen molar-refractivity contribution in [1.29, 1.82) is 0 Å².